The molecular weight excluding hydrogens is 358 g/mol. The molecule has 0 aliphatic rings. The Balaban J connectivity index is 0.000000261. The number of carbonyl (C=O) groups is 2. The van der Waals surface area contributed by atoms with Crippen LogP contribution in [-0.2, 0) is 10.4 Å². The Bertz CT molecular complexity index is 924. The van der Waals surface area contributed by atoms with E-state index in [0.29, 0.717) is 11.1 Å². The van der Waals surface area contributed by atoms with Crippen molar-refractivity contribution in [2.45, 2.75) is 12.5 Å². The number of benzene rings is 3. The second kappa shape index (κ2) is 9.34. The minimum atomic E-state index is -1.66. The number of aliphatic hydroxyl groups is 1. The molecule has 0 spiro atoms. The van der Waals surface area contributed by atoms with Crippen LogP contribution in [0.4, 0.5) is 5.69 Å². The van der Waals surface area contributed by atoms with E-state index in [1.165, 1.54) is 13.0 Å². The van der Waals surface area contributed by atoms with E-state index in [1.807, 2.05) is 0 Å². The first kappa shape index (κ1) is 20.7. The van der Waals surface area contributed by atoms with Crippen LogP contribution in [0.15, 0.2) is 84.9 Å². The molecule has 0 bridgehead atoms. The fourth-order valence-electron chi connectivity index (χ4n) is 2.30. The molecule has 1 amide bonds. The molecule has 1 unspecified atom stereocenters. The highest BCUT2D eigenvalue weighted by molar-refractivity contribution is 5.98. The van der Waals surface area contributed by atoms with Crippen LogP contribution in [-0.4, -0.2) is 27.2 Å². The van der Waals surface area contributed by atoms with Gasteiger partial charge in [0.05, 0.1) is 11.3 Å². The SMILES string of the molecule is CC(O)(C(=O)Nc1ccccc1O)c1ccccc1.O=C(O)c1ccccc1. The van der Waals surface area contributed by atoms with E-state index in [2.05, 4.69) is 5.32 Å². The zero-order valence-electron chi connectivity index (χ0n) is 15.2. The number of hydrogen-bond acceptors (Lipinski definition) is 4. The maximum atomic E-state index is 12.1. The maximum absolute atomic E-state index is 12.1. The van der Waals surface area contributed by atoms with Crippen molar-refractivity contribution >= 4 is 17.6 Å². The second-order valence-corrected chi connectivity index (χ2v) is 6.08. The molecule has 0 saturated carbocycles. The summed E-state index contributed by atoms with van der Waals surface area (Å²) in [6.45, 7) is 1.41. The molecule has 0 radical (unpaired) electrons. The molecule has 3 aromatic carbocycles. The summed E-state index contributed by atoms with van der Waals surface area (Å²) >= 11 is 0. The normalized spacial score (nSPS) is 12.1. The summed E-state index contributed by atoms with van der Waals surface area (Å²) in [4.78, 5) is 22.3. The van der Waals surface area contributed by atoms with E-state index in [4.69, 9.17) is 5.11 Å². The quantitative estimate of drug-likeness (QED) is 0.518. The number of phenolic OH excluding ortho intramolecular Hbond substituents is 1. The summed E-state index contributed by atoms with van der Waals surface area (Å²) in [5, 5.41) is 30.8. The minimum Gasteiger partial charge on any atom is -0.506 e. The molecule has 1 atom stereocenters. The zero-order chi connectivity index (χ0) is 20.6. The van der Waals surface area contributed by atoms with Crippen molar-refractivity contribution in [3.8, 4) is 5.75 Å². The Hall–Kier alpha value is -3.64. The Morgan fingerprint density at radius 1 is 0.821 bits per heavy atom. The molecule has 4 N–H and O–H groups in total. The summed E-state index contributed by atoms with van der Waals surface area (Å²) in [7, 11) is 0. The van der Waals surface area contributed by atoms with E-state index in [9.17, 15) is 19.8 Å². The number of phenols is 1. The van der Waals surface area contributed by atoms with Crippen LogP contribution < -0.4 is 5.32 Å². The largest absolute Gasteiger partial charge is 0.506 e. The monoisotopic (exact) mass is 379 g/mol. The van der Waals surface area contributed by atoms with Gasteiger partial charge in [-0.05, 0) is 36.8 Å². The van der Waals surface area contributed by atoms with Gasteiger partial charge >= 0.3 is 5.97 Å². The first-order valence-electron chi connectivity index (χ1n) is 8.48. The lowest BCUT2D eigenvalue weighted by Gasteiger charge is -2.23. The number of amides is 1. The van der Waals surface area contributed by atoms with Crippen LogP contribution in [0, 0.1) is 0 Å². The van der Waals surface area contributed by atoms with Crippen LogP contribution in [0.5, 0.6) is 5.75 Å². The van der Waals surface area contributed by atoms with E-state index in [-0.39, 0.29) is 11.4 Å². The number of aromatic carboxylic acids is 1. The molecule has 6 heteroatoms. The molecule has 0 saturated heterocycles. The van der Waals surface area contributed by atoms with E-state index in [0.717, 1.165) is 0 Å². The minimum absolute atomic E-state index is 0.0419. The number of anilines is 1. The first-order chi connectivity index (χ1) is 13.3. The maximum Gasteiger partial charge on any atom is 0.335 e. The fourth-order valence-corrected chi connectivity index (χ4v) is 2.30. The number of carboxylic acid groups (broad SMARTS) is 1. The van der Waals surface area contributed by atoms with Crippen molar-refractivity contribution in [2.75, 3.05) is 5.32 Å². The highest BCUT2D eigenvalue weighted by Gasteiger charge is 2.32. The van der Waals surface area contributed by atoms with Crippen molar-refractivity contribution in [3.63, 3.8) is 0 Å². The summed E-state index contributed by atoms with van der Waals surface area (Å²) in [5.74, 6) is -1.52. The molecule has 28 heavy (non-hydrogen) atoms. The van der Waals surface area contributed by atoms with Crippen molar-refractivity contribution in [1.82, 2.24) is 0 Å². The lowest BCUT2D eigenvalue weighted by Crippen LogP contribution is -2.37. The zero-order valence-corrected chi connectivity index (χ0v) is 15.2. The molecule has 3 aromatic rings. The van der Waals surface area contributed by atoms with Gasteiger partial charge in [-0.3, -0.25) is 4.79 Å². The third kappa shape index (κ3) is 5.43. The first-order valence-corrected chi connectivity index (χ1v) is 8.48. The predicted octanol–water partition coefficient (Wildman–Crippen LogP) is 3.62. The van der Waals surface area contributed by atoms with Crippen LogP contribution in [0.3, 0.4) is 0 Å². The highest BCUT2D eigenvalue weighted by Crippen LogP contribution is 2.26. The lowest BCUT2D eigenvalue weighted by molar-refractivity contribution is -0.133. The topological polar surface area (TPSA) is 107 Å². The van der Waals surface area contributed by atoms with Gasteiger partial charge in [0, 0.05) is 0 Å². The smallest absolute Gasteiger partial charge is 0.335 e. The Morgan fingerprint density at radius 2 is 1.32 bits per heavy atom. The third-order valence-electron chi connectivity index (χ3n) is 3.95. The van der Waals surface area contributed by atoms with Gasteiger partial charge < -0.3 is 20.6 Å². The van der Waals surface area contributed by atoms with Crippen LogP contribution in [0.2, 0.25) is 0 Å². The van der Waals surface area contributed by atoms with Gasteiger partial charge in [-0.15, -0.1) is 0 Å². The summed E-state index contributed by atoms with van der Waals surface area (Å²) in [6.07, 6.45) is 0. The van der Waals surface area contributed by atoms with Crippen molar-refractivity contribution in [3.05, 3.63) is 96.1 Å². The summed E-state index contributed by atoms with van der Waals surface area (Å²) < 4.78 is 0. The number of rotatable bonds is 4. The molecule has 0 fully saturated rings. The van der Waals surface area contributed by atoms with Gasteiger partial charge in [-0.25, -0.2) is 4.79 Å². The number of aromatic hydroxyl groups is 1. The van der Waals surface area contributed by atoms with Crippen LogP contribution in [0.25, 0.3) is 0 Å². The molecule has 0 aliphatic carbocycles. The Labute approximate surface area is 162 Å². The summed E-state index contributed by atoms with van der Waals surface area (Å²) in [6, 6.07) is 23.3. The average Bonchev–Trinajstić information content (AvgIpc) is 2.71. The van der Waals surface area contributed by atoms with Crippen molar-refractivity contribution in [1.29, 1.82) is 0 Å². The van der Waals surface area contributed by atoms with Crippen LogP contribution in [0.1, 0.15) is 22.8 Å². The Morgan fingerprint density at radius 3 is 1.82 bits per heavy atom. The molecular formula is C22H21NO5. The van der Waals surface area contributed by atoms with Crippen molar-refractivity contribution < 1.29 is 24.9 Å². The lowest BCUT2D eigenvalue weighted by atomic mass is 9.95. The molecule has 0 aromatic heterocycles. The molecule has 144 valence electrons. The molecule has 6 nitrogen and oxygen atoms in total. The van der Waals surface area contributed by atoms with Gasteiger partial charge in [0.2, 0.25) is 0 Å². The third-order valence-corrected chi connectivity index (χ3v) is 3.95. The average molecular weight is 379 g/mol. The summed E-state index contributed by atoms with van der Waals surface area (Å²) in [5.41, 5.74) is -0.576. The van der Waals surface area contributed by atoms with E-state index >= 15 is 0 Å². The van der Waals surface area contributed by atoms with Crippen molar-refractivity contribution in [2.24, 2.45) is 0 Å². The highest BCUT2D eigenvalue weighted by atomic mass is 16.4. The number of nitrogens with one attached hydrogen (secondary N) is 1. The number of para-hydroxylation sites is 2. The van der Waals surface area contributed by atoms with Gasteiger partial charge in [-0.2, -0.15) is 0 Å². The van der Waals surface area contributed by atoms with Gasteiger partial charge in [0.1, 0.15) is 5.75 Å². The Kier molecular flexibility index (Phi) is 6.90. The van der Waals surface area contributed by atoms with Gasteiger partial charge in [-0.1, -0.05) is 60.7 Å². The second-order valence-electron chi connectivity index (χ2n) is 6.08. The fraction of sp³-hybridized carbons (Fsp3) is 0.0909. The van der Waals surface area contributed by atoms with Gasteiger partial charge in [0.25, 0.3) is 5.91 Å². The molecule has 0 heterocycles. The standard InChI is InChI=1S/C15H15NO3.C7H6O2/c1-15(19,11-7-3-2-4-8-11)14(18)16-12-9-5-6-10-13(12)17;8-7(9)6-4-2-1-3-5-6/h2-10,17,19H,1H3,(H,16,18);1-5H,(H,8,9). The molecule has 0 aliphatic heterocycles. The molecule has 3 rings (SSSR count). The predicted molar refractivity (Wildman–Crippen MR) is 106 cm³/mol. The van der Waals surface area contributed by atoms with Gasteiger partial charge in [0.15, 0.2) is 5.60 Å². The van der Waals surface area contributed by atoms with E-state index in [1.54, 1.807) is 78.9 Å². The number of carbonyl (C=O) groups excluding carboxylic acids is 1. The number of hydrogen-bond donors (Lipinski definition) is 4. The van der Waals surface area contributed by atoms with E-state index < -0.39 is 17.5 Å². The number of carboxylic acids is 1. The van der Waals surface area contributed by atoms with Crippen LogP contribution >= 0.6 is 0 Å².